The zero-order chi connectivity index (χ0) is 8.58. The quantitative estimate of drug-likeness (QED) is 0.285. The van der Waals surface area contributed by atoms with Gasteiger partial charge in [-0.25, -0.2) is 8.42 Å². The molecule has 0 aromatic rings. The summed E-state index contributed by atoms with van der Waals surface area (Å²) in [6.07, 6.45) is 0. The van der Waals surface area contributed by atoms with Gasteiger partial charge in [0.25, 0.3) is 0 Å². The first-order valence-corrected chi connectivity index (χ1v) is 4.41. The van der Waals surface area contributed by atoms with Crippen LogP contribution >= 0.6 is 0 Å². The van der Waals surface area contributed by atoms with Crippen LogP contribution in [0.25, 0.3) is 0 Å². The molecule has 0 aliphatic rings. The average Bonchev–Trinajstić information content (AvgIpc) is 1.62. The van der Waals surface area contributed by atoms with Gasteiger partial charge in [-0.2, -0.15) is 13.8 Å². The third-order valence-electron chi connectivity index (χ3n) is 1.85. The summed E-state index contributed by atoms with van der Waals surface area (Å²) in [7, 11) is -3.94. The summed E-state index contributed by atoms with van der Waals surface area (Å²) in [6, 6.07) is 0. The Balaban J connectivity index is -0.00000000614. The Morgan fingerprint density at radius 3 is 0.818 bits per heavy atom. The van der Waals surface area contributed by atoms with E-state index in [2.05, 4.69) is 0 Å². The van der Waals surface area contributed by atoms with Crippen LogP contribution in [0.3, 0.4) is 0 Å². The maximum atomic E-state index is 10.6. The molecule has 1 N–H and O–H groups in total. The molecule has 0 heterocycles. The molecule has 0 aliphatic carbocycles. The van der Waals surface area contributed by atoms with Gasteiger partial charge in [-0.1, -0.05) is 80.7 Å². The Morgan fingerprint density at radius 2 is 0.818 bits per heavy atom. The molecule has 0 fully saturated rings. The van der Waals surface area contributed by atoms with Crippen molar-refractivity contribution in [3.05, 3.63) is 5.92 Å². The molecule has 0 saturated carbocycles. The van der Waals surface area contributed by atoms with Gasteiger partial charge in [0.2, 0.25) is 10.1 Å². The van der Waals surface area contributed by atoms with Crippen LogP contribution in [-0.4, -0.2) is 17.7 Å². The van der Waals surface area contributed by atoms with E-state index in [-0.39, 0.29) is 165 Å². The molecule has 22 heavy (non-hydrogen) atoms. The number of hydrogen-bond donors (Lipinski definition) is 1. The minimum Gasteiger partial charge on any atom is -0.297 e. The van der Waals surface area contributed by atoms with Crippen LogP contribution in [0.1, 0.15) is 94.5 Å². The van der Waals surface area contributed by atoms with Gasteiger partial charge >= 0.3 is 0 Å². The first kappa shape index (κ1) is 99.1. The van der Waals surface area contributed by atoms with Crippen molar-refractivity contribution in [2.75, 3.05) is 0 Å². The van der Waals surface area contributed by atoms with Gasteiger partial charge < -0.3 is 0 Å². The second-order valence-corrected chi connectivity index (χ2v) is 4.96. The minimum atomic E-state index is -3.94. The number of rotatable bonds is 2. The van der Waals surface area contributed by atoms with Crippen molar-refractivity contribution in [2.24, 2.45) is 0 Å². The van der Waals surface area contributed by atoms with Crippen LogP contribution in [0, 0.1) is 5.92 Å². The number of hydrogen-bond acceptors (Lipinski definition) is 2. The standard InChI is InChI=1S/C6H13O3S.9CH4.3Y/c1-5(2)6(3,4)10(7,8)9;;;;;;;;;;;;/h1-4H3,(H,7,8,9);9*1H4;;;/q-1;;;;;;;;;;;;. The van der Waals surface area contributed by atoms with Crippen LogP contribution in [0.15, 0.2) is 0 Å². The summed E-state index contributed by atoms with van der Waals surface area (Å²) in [4.78, 5) is 0. The monoisotopic (exact) mass is 576 g/mol. The average molecular weight is 576 g/mol. The Morgan fingerprint density at radius 1 is 0.682 bits per heavy atom. The minimum absolute atomic E-state index is 0. The maximum absolute atomic E-state index is 10.6. The first-order valence-electron chi connectivity index (χ1n) is 2.97. The summed E-state index contributed by atoms with van der Waals surface area (Å²) < 4.78 is 28.8. The van der Waals surface area contributed by atoms with Crippen molar-refractivity contribution in [1.82, 2.24) is 0 Å². The molecule has 0 unspecified atom stereocenters. The normalized spacial score (nSPS) is 6.45. The van der Waals surface area contributed by atoms with Crippen LogP contribution in [0.4, 0.5) is 0 Å². The molecule has 0 bridgehead atoms. The topological polar surface area (TPSA) is 54.4 Å². The van der Waals surface area contributed by atoms with Gasteiger partial charge in [0.15, 0.2) is 0 Å². The molecule has 0 aromatic carbocycles. The Kier molecular flexibility index (Phi) is 177. The van der Waals surface area contributed by atoms with Crippen LogP contribution in [-0.2, 0) is 108 Å². The smallest absolute Gasteiger partial charge is 0.241 e. The summed E-state index contributed by atoms with van der Waals surface area (Å²) in [5.41, 5.74) is 0. The van der Waals surface area contributed by atoms with Gasteiger partial charge in [0, 0.05) is 98.1 Å². The second kappa shape index (κ2) is 39.3. The van der Waals surface area contributed by atoms with Crippen molar-refractivity contribution in [2.45, 2.75) is 99.3 Å². The second-order valence-electron chi connectivity index (χ2n) is 2.99. The summed E-state index contributed by atoms with van der Waals surface area (Å²) in [6.45, 7) is 6.29. The van der Waals surface area contributed by atoms with Gasteiger partial charge in [-0.15, -0.1) is 0 Å². The van der Waals surface area contributed by atoms with E-state index in [0.717, 1.165) is 0 Å². The summed E-state index contributed by atoms with van der Waals surface area (Å²) >= 11 is 0. The largest absolute Gasteiger partial charge is 0.297 e. The first-order chi connectivity index (χ1) is 4.19. The van der Waals surface area contributed by atoms with E-state index in [0.29, 0.717) is 5.92 Å². The molecule has 143 valence electrons. The molecule has 7 heteroatoms. The maximum Gasteiger partial charge on any atom is 0.241 e. The van der Waals surface area contributed by atoms with Crippen LogP contribution < -0.4 is 0 Å². The van der Waals surface area contributed by atoms with Gasteiger partial charge in [0.05, 0.1) is 0 Å². The Labute approximate surface area is 223 Å². The molecular weight excluding hydrogens is 527 g/mol. The van der Waals surface area contributed by atoms with E-state index < -0.39 is 14.9 Å². The molecular formula is C15H49O3SY3-. The fourth-order valence-corrected chi connectivity index (χ4v) is 0.774. The predicted molar refractivity (Wildman–Crippen MR) is 101 cm³/mol. The summed E-state index contributed by atoms with van der Waals surface area (Å²) in [5, 5.41) is 0. The molecule has 0 aromatic heterocycles. The molecule has 3 nitrogen and oxygen atoms in total. The van der Waals surface area contributed by atoms with Gasteiger partial charge in [-0.05, 0) is 4.75 Å². The Bertz CT molecular complexity index is 218. The van der Waals surface area contributed by atoms with E-state index in [1.54, 1.807) is 13.8 Å². The predicted octanol–water partition coefficient (Wildman–Crippen LogP) is 6.98. The van der Waals surface area contributed by atoms with Gasteiger partial charge in [-0.3, -0.25) is 10.5 Å². The van der Waals surface area contributed by atoms with E-state index >= 15 is 0 Å². The van der Waals surface area contributed by atoms with Crippen molar-refractivity contribution in [3.63, 3.8) is 0 Å². The van der Waals surface area contributed by atoms with Crippen LogP contribution in [0.2, 0.25) is 0 Å². The molecule has 0 atom stereocenters. The molecule has 0 amide bonds. The zero-order valence-corrected chi connectivity index (χ0v) is 17.7. The van der Waals surface area contributed by atoms with E-state index in [4.69, 9.17) is 4.55 Å². The Hall–Kier alpha value is 3.22. The van der Waals surface area contributed by atoms with Crippen molar-refractivity contribution >= 4 is 10.1 Å². The van der Waals surface area contributed by atoms with E-state index in [9.17, 15) is 8.42 Å². The van der Waals surface area contributed by atoms with Crippen molar-refractivity contribution < 1.29 is 111 Å². The molecule has 0 spiro atoms. The SMILES string of the molecule is C.C.C.C.C.C.C.C.C.C[C-](C)C(C)(C)S(=O)(=O)O.[Y].[Y].[Y]. The van der Waals surface area contributed by atoms with E-state index in [1.807, 2.05) is 0 Å². The zero-order valence-electron chi connectivity index (χ0n) is 8.40. The fourth-order valence-electron chi connectivity index (χ4n) is 0.258. The van der Waals surface area contributed by atoms with E-state index in [1.165, 1.54) is 13.8 Å². The van der Waals surface area contributed by atoms with Crippen molar-refractivity contribution in [1.29, 1.82) is 0 Å². The molecule has 0 saturated heterocycles. The third kappa shape index (κ3) is 34.5. The fraction of sp³-hybridized carbons (Fsp3) is 0.933. The van der Waals surface area contributed by atoms with Gasteiger partial charge in [0.1, 0.15) is 0 Å². The van der Waals surface area contributed by atoms with Crippen LogP contribution in [0.5, 0.6) is 0 Å². The molecule has 0 rings (SSSR count). The molecule has 0 aliphatic heterocycles. The summed E-state index contributed by atoms with van der Waals surface area (Å²) in [5.74, 6) is 0.676. The van der Waals surface area contributed by atoms with Crippen molar-refractivity contribution in [3.8, 4) is 0 Å². The molecule has 3 radical (unpaired) electrons. The third-order valence-corrected chi connectivity index (χ3v) is 3.55.